The van der Waals surface area contributed by atoms with E-state index >= 15 is 0 Å². The zero-order valence-corrected chi connectivity index (χ0v) is 21.3. The number of rotatable bonds is 12. The van der Waals surface area contributed by atoms with E-state index in [0.717, 1.165) is 38.0 Å². The summed E-state index contributed by atoms with van der Waals surface area (Å²) in [6.07, 6.45) is 19.1. The van der Waals surface area contributed by atoms with E-state index in [1.807, 2.05) is 0 Å². The molecule has 0 saturated heterocycles. The van der Waals surface area contributed by atoms with Gasteiger partial charge in [0.1, 0.15) is 0 Å². The third kappa shape index (κ3) is 9.04. The summed E-state index contributed by atoms with van der Waals surface area (Å²) in [7, 11) is 0. The van der Waals surface area contributed by atoms with Crippen molar-refractivity contribution < 1.29 is 0 Å². The molecule has 2 heteroatoms. The zero-order valence-electron chi connectivity index (χ0n) is 21.3. The summed E-state index contributed by atoms with van der Waals surface area (Å²) in [5.41, 5.74) is 2.88. The van der Waals surface area contributed by atoms with Crippen LogP contribution in [0.1, 0.15) is 75.3 Å². The molecular weight excluding hydrogens is 412 g/mol. The summed E-state index contributed by atoms with van der Waals surface area (Å²) in [5, 5.41) is 0. The molecule has 0 aromatic heterocycles. The Morgan fingerprint density at radius 1 is 0.529 bits per heavy atom. The Morgan fingerprint density at radius 3 is 1.29 bits per heavy atom. The average Bonchev–Trinajstić information content (AvgIpc) is 2.89. The van der Waals surface area contributed by atoms with Gasteiger partial charge >= 0.3 is 0 Å². The van der Waals surface area contributed by atoms with Crippen molar-refractivity contribution in [3.05, 3.63) is 83.9 Å². The van der Waals surface area contributed by atoms with Gasteiger partial charge in [-0.25, -0.2) is 0 Å². The van der Waals surface area contributed by atoms with Gasteiger partial charge in [-0.15, -0.1) is 0 Å². The zero-order chi connectivity index (χ0) is 23.3. The van der Waals surface area contributed by atoms with Crippen molar-refractivity contribution in [2.75, 3.05) is 26.2 Å². The van der Waals surface area contributed by atoms with Gasteiger partial charge in [0.15, 0.2) is 0 Å². The fraction of sp³-hybridized carbons (Fsp3) is 0.562. The Kier molecular flexibility index (Phi) is 10.7. The highest BCUT2D eigenvalue weighted by Gasteiger charge is 2.18. The van der Waals surface area contributed by atoms with Crippen LogP contribution >= 0.6 is 0 Å². The Morgan fingerprint density at radius 2 is 0.912 bits per heavy atom. The van der Waals surface area contributed by atoms with Gasteiger partial charge in [-0.1, -0.05) is 111 Å². The van der Waals surface area contributed by atoms with Crippen LogP contribution in [0.3, 0.4) is 0 Å². The molecule has 2 aliphatic carbocycles. The van der Waals surface area contributed by atoms with E-state index in [-0.39, 0.29) is 0 Å². The smallest absolute Gasteiger partial charge is 0.0237 e. The molecule has 2 aliphatic rings. The molecule has 2 aromatic carbocycles. The Balaban J connectivity index is 1.33. The van der Waals surface area contributed by atoms with Crippen LogP contribution < -0.4 is 0 Å². The first kappa shape index (κ1) is 25.2. The van der Waals surface area contributed by atoms with Gasteiger partial charge in [0.25, 0.3) is 0 Å². The van der Waals surface area contributed by atoms with Crippen molar-refractivity contribution in [3.63, 3.8) is 0 Å². The molecule has 0 atom stereocenters. The lowest BCUT2D eigenvalue weighted by Crippen LogP contribution is -2.31. The molecule has 0 spiro atoms. The quantitative estimate of drug-likeness (QED) is 0.301. The highest BCUT2D eigenvalue weighted by atomic mass is 15.1. The molecule has 0 aliphatic heterocycles. The van der Waals surface area contributed by atoms with Gasteiger partial charge in [-0.3, -0.25) is 9.80 Å². The Hall–Kier alpha value is -1.90. The van der Waals surface area contributed by atoms with Gasteiger partial charge < -0.3 is 0 Å². The molecule has 0 radical (unpaired) electrons. The van der Waals surface area contributed by atoms with E-state index in [1.54, 1.807) is 0 Å². The highest BCUT2D eigenvalue weighted by Crippen LogP contribution is 2.26. The third-order valence-corrected chi connectivity index (χ3v) is 7.87. The van der Waals surface area contributed by atoms with Crippen LogP contribution in [0.4, 0.5) is 0 Å². The maximum absolute atomic E-state index is 2.69. The lowest BCUT2D eigenvalue weighted by atomic mass is 9.89. The summed E-state index contributed by atoms with van der Waals surface area (Å²) in [6.45, 7) is 6.75. The van der Waals surface area contributed by atoms with Gasteiger partial charge in [0, 0.05) is 39.3 Å². The van der Waals surface area contributed by atoms with Crippen LogP contribution in [0.5, 0.6) is 0 Å². The number of hydrogen-bond donors (Lipinski definition) is 0. The minimum Gasteiger partial charge on any atom is -0.295 e. The molecule has 2 fully saturated rings. The van der Waals surface area contributed by atoms with Crippen LogP contribution in [0.2, 0.25) is 0 Å². The predicted molar refractivity (Wildman–Crippen MR) is 146 cm³/mol. The monoisotopic (exact) mass is 458 g/mol. The van der Waals surface area contributed by atoms with E-state index in [9.17, 15) is 0 Å². The fourth-order valence-electron chi connectivity index (χ4n) is 6.01. The second kappa shape index (κ2) is 14.5. The standard InChI is InChI=1S/C32H46N2/c1-5-15-29(16-6-1)25-33(26-30-17-7-2-8-18-30)23-13-14-24-34(27-31-19-9-3-10-20-31)28-32-21-11-4-12-22-32/h1,3,5-6,9-10,13-16,19-20,30,32H,2,4,7-8,11-12,17-18,21-28H2/b14-13+. The molecule has 2 nitrogen and oxygen atoms in total. The molecule has 2 aromatic rings. The maximum atomic E-state index is 2.69. The van der Waals surface area contributed by atoms with Gasteiger partial charge in [-0.2, -0.15) is 0 Å². The second-order valence-electron chi connectivity index (χ2n) is 10.8. The minimum absolute atomic E-state index is 0.881. The molecule has 4 rings (SSSR count). The van der Waals surface area contributed by atoms with Crippen molar-refractivity contribution in [1.29, 1.82) is 0 Å². The van der Waals surface area contributed by atoms with E-state index in [0.29, 0.717) is 0 Å². The maximum Gasteiger partial charge on any atom is 0.0237 e. The van der Waals surface area contributed by atoms with Crippen molar-refractivity contribution in [2.24, 2.45) is 11.8 Å². The summed E-state index contributed by atoms with van der Waals surface area (Å²) in [6, 6.07) is 22.1. The molecule has 34 heavy (non-hydrogen) atoms. The summed E-state index contributed by atoms with van der Waals surface area (Å²) in [5.74, 6) is 1.76. The van der Waals surface area contributed by atoms with Gasteiger partial charge in [0.05, 0.1) is 0 Å². The van der Waals surface area contributed by atoms with Gasteiger partial charge in [0.2, 0.25) is 0 Å². The van der Waals surface area contributed by atoms with E-state index in [2.05, 4.69) is 82.6 Å². The normalized spacial score (nSPS) is 18.3. The lowest BCUT2D eigenvalue weighted by Gasteiger charge is -2.30. The van der Waals surface area contributed by atoms with Crippen LogP contribution in [0, 0.1) is 11.8 Å². The van der Waals surface area contributed by atoms with Crippen LogP contribution in [0.15, 0.2) is 72.8 Å². The van der Waals surface area contributed by atoms with Crippen molar-refractivity contribution in [2.45, 2.75) is 77.3 Å². The minimum atomic E-state index is 0.881. The fourth-order valence-corrected chi connectivity index (χ4v) is 6.01. The van der Waals surface area contributed by atoms with E-state index in [4.69, 9.17) is 0 Å². The number of nitrogens with zero attached hydrogens (tertiary/aromatic N) is 2. The topological polar surface area (TPSA) is 6.48 Å². The summed E-state index contributed by atoms with van der Waals surface area (Å²) >= 11 is 0. The van der Waals surface area contributed by atoms with E-state index < -0.39 is 0 Å². The van der Waals surface area contributed by atoms with Crippen molar-refractivity contribution in [1.82, 2.24) is 9.80 Å². The van der Waals surface area contributed by atoms with Crippen LogP contribution in [0.25, 0.3) is 0 Å². The molecule has 0 heterocycles. The average molecular weight is 459 g/mol. The number of benzene rings is 2. The van der Waals surface area contributed by atoms with Crippen molar-refractivity contribution >= 4 is 0 Å². The van der Waals surface area contributed by atoms with Crippen LogP contribution in [-0.2, 0) is 13.1 Å². The molecule has 0 N–H and O–H groups in total. The van der Waals surface area contributed by atoms with Crippen LogP contribution in [-0.4, -0.2) is 36.0 Å². The number of hydrogen-bond acceptors (Lipinski definition) is 2. The SMILES string of the molecule is C(=C\CN(Cc1ccccc1)CC1CCCCC1)/CN(Cc1ccccc1)CC1CCCCC1. The molecule has 0 amide bonds. The van der Waals surface area contributed by atoms with Crippen molar-refractivity contribution in [3.8, 4) is 0 Å². The predicted octanol–water partition coefficient (Wildman–Crippen LogP) is 7.71. The largest absolute Gasteiger partial charge is 0.295 e. The highest BCUT2D eigenvalue weighted by molar-refractivity contribution is 5.15. The van der Waals surface area contributed by atoms with E-state index in [1.165, 1.54) is 88.4 Å². The summed E-state index contributed by atoms with van der Waals surface area (Å²) in [4.78, 5) is 5.37. The summed E-state index contributed by atoms with van der Waals surface area (Å²) < 4.78 is 0. The first-order chi connectivity index (χ1) is 16.8. The molecular formula is C32H46N2. The first-order valence-corrected chi connectivity index (χ1v) is 14.0. The molecule has 0 unspecified atom stereocenters. The first-order valence-electron chi connectivity index (χ1n) is 14.0. The third-order valence-electron chi connectivity index (χ3n) is 7.87. The second-order valence-corrected chi connectivity index (χ2v) is 10.8. The lowest BCUT2D eigenvalue weighted by molar-refractivity contribution is 0.205. The van der Waals surface area contributed by atoms with Gasteiger partial charge in [-0.05, 0) is 48.6 Å². The molecule has 184 valence electrons. The molecule has 0 bridgehead atoms. The molecule has 2 saturated carbocycles. The Labute approximate surface area is 209 Å². The Bertz CT molecular complexity index is 734.